The lowest BCUT2D eigenvalue weighted by molar-refractivity contribution is -0.172. The molecule has 15 heteroatoms. The van der Waals surface area contributed by atoms with Gasteiger partial charge in [-0.15, -0.1) is 0 Å². The van der Waals surface area contributed by atoms with Gasteiger partial charge in [-0.2, -0.15) is 0 Å². The summed E-state index contributed by atoms with van der Waals surface area (Å²) in [6, 6.07) is 0. The van der Waals surface area contributed by atoms with Crippen molar-refractivity contribution >= 4 is 0 Å². The van der Waals surface area contributed by atoms with Crippen LogP contribution < -0.4 is 0 Å². The van der Waals surface area contributed by atoms with Crippen LogP contribution >= 0.6 is 0 Å². The summed E-state index contributed by atoms with van der Waals surface area (Å²) in [7, 11) is 0. The van der Waals surface area contributed by atoms with Gasteiger partial charge in [0.15, 0.2) is 18.9 Å². The summed E-state index contributed by atoms with van der Waals surface area (Å²) in [5, 5.41) is 19.1. The minimum Gasteiger partial charge on any atom is -0.391 e. The highest BCUT2D eigenvalue weighted by atomic mass is 16.7. The Hall–Kier alpha value is -0.600. The third-order valence-electron chi connectivity index (χ3n) is 17.1. The minimum atomic E-state index is -0.481. The number of unbranched alkanes of at least 4 members (excludes halogenated alkanes) is 18. The van der Waals surface area contributed by atoms with Crippen molar-refractivity contribution in [2.75, 3.05) is 126 Å². The molecule has 2 aliphatic heterocycles. The molecular formula is C80H168O15. The molecule has 0 radical (unpaired) electrons. The fourth-order valence-corrected chi connectivity index (χ4v) is 10.9. The van der Waals surface area contributed by atoms with Gasteiger partial charge >= 0.3 is 0 Å². The van der Waals surface area contributed by atoms with Gasteiger partial charge in [-0.05, 0) is 115 Å². The molecule has 0 amide bonds. The Balaban J connectivity index is -0.000000543. The largest absolute Gasteiger partial charge is 0.391 e. The Morgan fingerprint density at radius 2 is 0.695 bits per heavy atom. The van der Waals surface area contributed by atoms with E-state index in [1.54, 1.807) is 0 Å². The number of aliphatic hydroxyl groups excluding tert-OH is 2. The predicted molar refractivity (Wildman–Crippen MR) is 400 cm³/mol. The van der Waals surface area contributed by atoms with Gasteiger partial charge in [-0.1, -0.05) is 244 Å². The van der Waals surface area contributed by atoms with E-state index >= 15 is 0 Å². The van der Waals surface area contributed by atoms with E-state index in [1.165, 1.54) is 212 Å². The molecule has 0 spiro atoms. The molecule has 2 N–H and O–H groups in total. The molecule has 3 fully saturated rings. The molecule has 0 aromatic heterocycles. The van der Waals surface area contributed by atoms with E-state index in [0.717, 1.165) is 104 Å². The Labute approximate surface area is 591 Å². The third kappa shape index (κ3) is 79.0. The van der Waals surface area contributed by atoms with Gasteiger partial charge in [-0.3, -0.25) is 0 Å². The minimum absolute atomic E-state index is 0. The van der Waals surface area contributed by atoms with Crippen LogP contribution in [0.15, 0.2) is 0 Å². The molecule has 95 heavy (non-hydrogen) atoms. The van der Waals surface area contributed by atoms with Gasteiger partial charge in [0.2, 0.25) is 0 Å². The first-order valence-corrected chi connectivity index (χ1v) is 39.8. The highest BCUT2D eigenvalue weighted by molar-refractivity contribution is 4.66. The van der Waals surface area contributed by atoms with Crippen molar-refractivity contribution in [1.82, 2.24) is 0 Å². The first kappa shape index (κ1) is 101. The zero-order valence-corrected chi connectivity index (χ0v) is 63.2. The molecule has 578 valence electrons. The maximum Gasteiger partial charge on any atom is 0.157 e. The maximum atomic E-state index is 9.59. The monoisotopic (exact) mass is 1370 g/mol. The van der Waals surface area contributed by atoms with Crippen molar-refractivity contribution < 1.29 is 71.8 Å². The second kappa shape index (κ2) is 85.8. The van der Waals surface area contributed by atoms with Gasteiger partial charge < -0.3 is 71.8 Å². The van der Waals surface area contributed by atoms with Gasteiger partial charge in [0.25, 0.3) is 0 Å². The van der Waals surface area contributed by atoms with E-state index < -0.39 is 6.10 Å². The van der Waals surface area contributed by atoms with Gasteiger partial charge in [0, 0.05) is 52.9 Å². The van der Waals surface area contributed by atoms with E-state index in [0.29, 0.717) is 91.3 Å². The maximum absolute atomic E-state index is 9.59. The van der Waals surface area contributed by atoms with Crippen LogP contribution in [0.2, 0.25) is 0 Å². The quantitative estimate of drug-likeness (QED) is 0.0437. The van der Waals surface area contributed by atoms with Crippen molar-refractivity contribution in [3.8, 4) is 0 Å². The van der Waals surface area contributed by atoms with Crippen LogP contribution in [0.3, 0.4) is 0 Å². The number of hydrogen-bond acceptors (Lipinski definition) is 15. The highest BCUT2D eigenvalue weighted by Crippen LogP contribution is 2.22. The molecule has 0 aromatic rings. The molecule has 7 unspecified atom stereocenters. The summed E-state index contributed by atoms with van der Waals surface area (Å²) in [5.41, 5.74) is 0. The SMILES string of the molecule is C.C.CCCCC(CC)COCC(O)COCCC.CCCCC(CC)COCCOC1CCCCO1.CCCCCCCCCOCCOC1CCCCO1.CCCCCCCCOCCOCC(O)CCCC.CCCCCCCOCCOC(C)OC1CCCCC1. The summed E-state index contributed by atoms with van der Waals surface area (Å²) in [6.45, 7) is 35.0. The average Bonchev–Trinajstić information content (AvgIpc) is 2.94. The van der Waals surface area contributed by atoms with Crippen molar-refractivity contribution in [3.63, 3.8) is 0 Å². The summed E-state index contributed by atoms with van der Waals surface area (Å²) in [5.74, 6) is 1.36. The Kier molecular flexibility index (Phi) is 91.0. The first-order chi connectivity index (χ1) is 45.7. The Bertz CT molecular complexity index is 1320. The standard InChI is InChI=1S/C17H34O3.C16H32O3.C16H34O3.C15H30O3.C14H30O3.2CH4/c1-3-4-5-6-10-13-18-14-15-19-16(2)20-17-11-8-7-9-12-17;1-2-3-4-5-6-7-9-12-17-14-15-19-16-11-8-10-13-18-16;1-3-5-7-8-9-10-12-18-13-14-19-15-16(17)11-6-4-2;1-3-5-8-14(4-2)13-16-11-12-18-15-9-6-7-10-17-15;1-4-7-8-13(6-3)10-17-12-14(15)11-16-9-5-2;;/h16-17H,3-15H2,1-2H3;16H,2-15H2,1H3;16-17H,3-15H2,1-2H3;14-15H,3-13H2,1-2H3;13-15H,4-12H2,1-3H3;2*1H4. The molecule has 0 bridgehead atoms. The van der Waals surface area contributed by atoms with E-state index in [1.807, 2.05) is 6.92 Å². The van der Waals surface area contributed by atoms with Crippen LogP contribution in [0.1, 0.15) is 347 Å². The van der Waals surface area contributed by atoms with Crippen molar-refractivity contribution in [1.29, 1.82) is 0 Å². The molecular weight excluding hydrogens is 1200 g/mol. The van der Waals surface area contributed by atoms with Gasteiger partial charge in [0.05, 0.1) is 84.9 Å². The fraction of sp³-hybridized carbons (Fsp3) is 1.00. The van der Waals surface area contributed by atoms with Crippen LogP contribution in [-0.4, -0.2) is 173 Å². The van der Waals surface area contributed by atoms with Crippen molar-refractivity contribution in [3.05, 3.63) is 0 Å². The lowest BCUT2D eigenvalue weighted by atomic mass is 9.98. The molecule has 2 saturated heterocycles. The predicted octanol–water partition coefficient (Wildman–Crippen LogP) is 21.0. The second-order valence-electron chi connectivity index (χ2n) is 26.4. The lowest BCUT2D eigenvalue weighted by Gasteiger charge is -2.25. The summed E-state index contributed by atoms with van der Waals surface area (Å²) in [6.07, 6.45) is 50.4. The highest BCUT2D eigenvalue weighted by Gasteiger charge is 2.18. The first-order valence-electron chi connectivity index (χ1n) is 39.8. The molecule has 7 atom stereocenters. The average molecular weight is 1370 g/mol. The molecule has 2 heterocycles. The lowest BCUT2D eigenvalue weighted by Crippen LogP contribution is -2.25. The van der Waals surface area contributed by atoms with Crippen LogP contribution in [0, 0.1) is 11.8 Å². The number of ether oxygens (including phenoxy) is 13. The summed E-state index contributed by atoms with van der Waals surface area (Å²) in [4.78, 5) is 0. The van der Waals surface area contributed by atoms with E-state index in [4.69, 9.17) is 61.6 Å². The molecule has 1 aliphatic carbocycles. The third-order valence-corrected chi connectivity index (χ3v) is 17.1. The van der Waals surface area contributed by atoms with Crippen LogP contribution in [0.5, 0.6) is 0 Å². The smallest absolute Gasteiger partial charge is 0.157 e. The Morgan fingerprint density at radius 1 is 0.326 bits per heavy atom. The molecule has 3 rings (SSSR count). The van der Waals surface area contributed by atoms with Crippen LogP contribution in [-0.2, 0) is 61.6 Å². The molecule has 1 saturated carbocycles. The number of aliphatic hydroxyl groups is 2. The molecule has 15 nitrogen and oxygen atoms in total. The Morgan fingerprint density at radius 3 is 1.15 bits per heavy atom. The zero-order chi connectivity index (χ0) is 68.2. The van der Waals surface area contributed by atoms with Gasteiger partial charge in [0.1, 0.15) is 6.10 Å². The van der Waals surface area contributed by atoms with E-state index in [2.05, 4.69) is 62.3 Å². The van der Waals surface area contributed by atoms with E-state index in [9.17, 15) is 10.2 Å². The van der Waals surface area contributed by atoms with Crippen LogP contribution in [0.4, 0.5) is 0 Å². The second-order valence-corrected chi connectivity index (χ2v) is 26.4. The topological polar surface area (TPSA) is 160 Å². The number of hydrogen-bond donors (Lipinski definition) is 2. The molecule has 3 aliphatic rings. The van der Waals surface area contributed by atoms with Gasteiger partial charge in [-0.25, -0.2) is 0 Å². The van der Waals surface area contributed by atoms with Crippen molar-refractivity contribution in [2.45, 2.75) is 385 Å². The molecule has 0 aromatic carbocycles. The fourth-order valence-electron chi connectivity index (χ4n) is 10.9. The zero-order valence-electron chi connectivity index (χ0n) is 63.2. The summed E-state index contributed by atoms with van der Waals surface area (Å²) >= 11 is 0. The normalized spacial score (nSPS) is 17.2. The van der Waals surface area contributed by atoms with E-state index in [-0.39, 0.29) is 39.8 Å². The van der Waals surface area contributed by atoms with Crippen LogP contribution in [0.25, 0.3) is 0 Å². The summed E-state index contributed by atoms with van der Waals surface area (Å²) < 4.78 is 72.3. The van der Waals surface area contributed by atoms with Crippen molar-refractivity contribution in [2.24, 2.45) is 11.8 Å². The number of rotatable bonds is 61.